The minimum absolute atomic E-state index is 0.0478. The number of rotatable bonds is 2. The van der Waals surface area contributed by atoms with Gasteiger partial charge in [0.15, 0.2) is 0 Å². The number of carboxylic acids is 1. The third kappa shape index (κ3) is 1.47. The fraction of sp³-hybridized carbons (Fsp3) is 0.263. The van der Waals surface area contributed by atoms with Crippen LogP contribution in [0.15, 0.2) is 48.5 Å². The van der Waals surface area contributed by atoms with Crippen LogP contribution < -0.4 is 0 Å². The molecule has 0 aliphatic heterocycles. The van der Waals surface area contributed by atoms with E-state index in [-0.39, 0.29) is 18.3 Å². The van der Waals surface area contributed by atoms with Gasteiger partial charge in [0.1, 0.15) is 0 Å². The van der Waals surface area contributed by atoms with Crippen LogP contribution in [0, 0.1) is 16.7 Å². The number of nitriles is 1. The van der Waals surface area contributed by atoms with E-state index in [9.17, 15) is 15.2 Å². The Labute approximate surface area is 128 Å². The first kappa shape index (κ1) is 13.1. The second-order valence-corrected chi connectivity index (χ2v) is 6.24. The van der Waals surface area contributed by atoms with Gasteiger partial charge in [-0.15, -0.1) is 0 Å². The van der Waals surface area contributed by atoms with Crippen molar-refractivity contribution in [2.75, 3.05) is 0 Å². The van der Waals surface area contributed by atoms with Crippen molar-refractivity contribution in [2.24, 2.45) is 5.41 Å². The minimum atomic E-state index is -1.01. The zero-order valence-electron chi connectivity index (χ0n) is 12.0. The van der Waals surface area contributed by atoms with Crippen molar-refractivity contribution in [1.29, 1.82) is 5.26 Å². The van der Waals surface area contributed by atoms with Crippen LogP contribution in [0.1, 0.15) is 46.9 Å². The van der Waals surface area contributed by atoms with E-state index < -0.39 is 11.4 Å². The molecule has 3 heteroatoms. The van der Waals surface area contributed by atoms with Gasteiger partial charge in [-0.05, 0) is 28.7 Å². The number of aliphatic carboxylic acids is 1. The highest BCUT2D eigenvalue weighted by atomic mass is 16.4. The van der Waals surface area contributed by atoms with Gasteiger partial charge in [-0.1, -0.05) is 48.5 Å². The lowest BCUT2D eigenvalue weighted by Crippen LogP contribution is -2.46. The van der Waals surface area contributed by atoms with Crippen LogP contribution in [0.2, 0.25) is 0 Å². The van der Waals surface area contributed by atoms with Crippen LogP contribution in [0.3, 0.4) is 0 Å². The van der Waals surface area contributed by atoms with E-state index >= 15 is 0 Å². The number of carbonyl (C=O) groups is 1. The first-order valence-corrected chi connectivity index (χ1v) is 7.47. The SMILES string of the molecule is N#CCC1(C(=O)O)CC2c3ccccc3C1c1ccccc12. The molecule has 2 aromatic rings. The predicted octanol–water partition coefficient (Wildman–Crippen LogP) is 3.65. The van der Waals surface area contributed by atoms with Crippen molar-refractivity contribution in [2.45, 2.75) is 24.7 Å². The van der Waals surface area contributed by atoms with Crippen LogP contribution in [-0.2, 0) is 4.79 Å². The number of carboxylic acid groups (broad SMARTS) is 1. The fourth-order valence-electron chi connectivity index (χ4n) is 4.42. The van der Waals surface area contributed by atoms with Crippen molar-refractivity contribution in [1.82, 2.24) is 0 Å². The molecule has 1 unspecified atom stereocenters. The fourth-order valence-corrected chi connectivity index (χ4v) is 4.42. The van der Waals surface area contributed by atoms with Crippen LogP contribution >= 0.6 is 0 Å². The monoisotopic (exact) mass is 289 g/mol. The Balaban J connectivity index is 2.04. The molecule has 2 bridgehead atoms. The van der Waals surface area contributed by atoms with Crippen molar-refractivity contribution in [3.05, 3.63) is 70.8 Å². The molecule has 22 heavy (non-hydrogen) atoms. The molecule has 5 rings (SSSR count). The number of nitrogens with zero attached hydrogens (tertiary/aromatic N) is 1. The summed E-state index contributed by atoms with van der Waals surface area (Å²) in [5, 5.41) is 19.2. The average Bonchev–Trinajstić information content (AvgIpc) is 2.55. The minimum Gasteiger partial charge on any atom is -0.481 e. The quantitative estimate of drug-likeness (QED) is 0.918. The normalized spacial score (nSPS) is 27.6. The zero-order valence-corrected chi connectivity index (χ0v) is 12.0. The third-order valence-corrected chi connectivity index (χ3v) is 5.31. The van der Waals surface area contributed by atoms with Crippen LogP contribution in [0.5, 0.6) is 0 Å². The highest BCUT2D eigenvalue weighted by Gasteiger charge is 2.56. The number of fused-ring (bicyclic) bond motifs is 1. The van der Waals surface area contributed by atoms with Gasteiger partial charge >= 0.3 is 5.97 Å². The van der Waals surface area contributed by atoms with Gasteiger partial charge < -0.3 is 5.11 Å². The standard InChI is InChI=1S/C19H15NO2/c20-10-9-19(18(21)22)11-16-12-5-1-3-7-14(12)17(19)15-8-4-2-6-13(15)16/h1-8,16-17H,9,11H2,(H,21,22). The smallest absolute Gasteiger partial charge is 0.311 e. The van der Waals surface area contributed by atoms with Gasteiger partial charge in [0.2, 0.25) is 0 Å². The van der Waals surface area contributed by atoms with Gasteiger partial charge in [-0.2, -0.15) is 5.26 Å². The number of hydrogen-bond donors (Lipinski definition) is 1. The molecule has 0 aromatic heterocycles. The molecule has 0 heterocycles. The van der Waals surface area contributed by atoms with Crippen molar-refractivity contribution >= 4 is 5.97 Å². The van der Waals surface area contributed by atoms with Crippen molar-refractivity contribution < 1.29 is 9.90 Å². The topological polar surface area (TPSA) is 61.1 Å². The zero-order chi connectivity index (χ0) is 15.3. The maximum absolute atomic E-state index is 12.1. The summed E-state index contributed by atoms with van der Waals surface area (Å²) in [6.45, 7) is 0. The molecule has 0 radical (unpaired) electrons. The summed E-state index contributed by atoms with van der Waals surface area (Å²) < 4.78 is 0. The van der Waals surface area contributed by atoms with E-state index in [0.717, 1.165) is 11.1 Å². The van der Waals surface area contributed by atoms with E-state index in [4.69, 9.17) is 0 Å². The van der Waals surface area contributed by atoms with Gasteiger partial charge in [-0.3, -0.25) is 4.79 Å². The highest BCUT2D eigenvalue weighted by molar-refractivity contribution is 5.80. The summed E-state index contributed by atoms with van der Waals surface area (Å²) in [4.78, 5) is 12.1. The van der Waals surface area contributed by atoms with Crippen molar-refractivity contribution in [3.63, 3.8) is 0 Å². The molecule has 3 aliphatic carbocycles. The molecule has 0 saturated carbocycles. The molecule has 0 saturated heterocycles. The summed E-state index contributed by atoms with van der Waals surface area (Å²) in [5.41, 5.74) is 3.59. The molecule has 2 aromatic carbocycles. The second-order valence-electron chi connectivity index (χ2n) is 6.24. The lowest BCUT2D eigenvalue weighted by Gasteiger charge is -2.50. The summed E-state index contributed by atoms with van der Waals surface area (Å²) in [6.07, 6.45) is 0.556. The Hall–Kier alpha value is -2.60. The van der Waals surface area contributed by atoms with E-state index in [1.54, 1.807) is 0 Å². The highest BCUT2D eigenvalue weighted by Crippen LogP contribution is 2.62. The lowest BCUT2D eigenvalue weighted by molar-refractivity contribution is -0.151. The van der Waals surface area contributed by atoms with E-state index in [2.05, 4.69) is 18.2 Å². The molecular weight excluding hydrogens is 274 g/mol. The van der Waals surface area contributed by atoms with Gasteiger partial charge in [0.25, 0.3) is 0 Å². The summed E-state index contributed by atoms with van der Waals surface area (Å²) in [7, 11) is 0. The Bertz CT molecular complexity index is 773. The van der Waals surface area contributed by atoms with E-state index in [0.29, 0.717) is 6.42 Å². The lowest BCUT2D eigenvalue weighted by atomic mass is 9.51. The summed E-state index contributed by atoms with van der Waals surface area (Å²) in [5.74, 6) is -1.02. The van der Waals surface area contributed by atoms with Crippen LogP contribution in [-0.4, -0.2) is 11.1 Å². The van der Waals surface area contributed by atoms with E-state index in [1.165, 1.54) is 11.1 Å². The Morgan fingerprint density at radius 1 is 1.09 bits per heavy atom. The van der Waals surface area contributed by atoms with Crippen LogP contribution in [0.4, 0.5) is 0 Å². The maximum atomic E-state index is 12.1. The summed E-state index contributed by atoms with van der Waals surface area (Å²) >= 11 is 0. The predicted molar refractivity (Wildman–Crippen MR) is 81.5 cm³/mol. The molecule has 1 N–H and O–H groups in total. The Morgan fingerprint density at radius 2 is 1.59 bits per heavy atom. The molecule has 0 fully saturated rings. The molecule has 3 aliphatic rings. The maximum Gasteiger partial charge on any atom is 0.311 e. The number of hydrogen-bond acceptors (Lipinski definition) is 2. The Morgan fingerprint density at radius 3 is 2.05 bits per heavy atom. The average molecular weight is 289 g/mol. The van der Waals surface area contributed by atoms with Crippen molar-refractivity contribution in [3.8, 4) is 6.07 Å². The molecule has 3 nitrogen and oxygen atoms in total. The first-order chi connectivity index (χ1) is 10.7. The number of benzene rings is 2. The molecule has 0 spiro atoms. The van der Waals surface area contributed by atoms with Gasteiger partial charge in [-0.25, -0.2) is 0 Å². The summed E-state index contributed by atoms with van der Waals surface area (Å²) in [6, 6.07) is 18.3. The largest absolute Gasteiger partial charge is 0.481 e. The van der Waals surface area contributed by atoms with Crippen LogP contribution in [0.25, 0.3) is 0 Å². The van der Waals surface area contributed by atoms with Gasteiger partial charge in [0, 0.05) is 11.8 Å². The first-order valence-electron chi connectivity index (χ1n) is 7.47. The second kappa shape index (κ2) is 4.45. The third-order valence-electron chi connectivity index (χ3n) is 5.31. The molecular formula is C19H15NO2. The van der Waals surface area contributed by atoms with E-state index in [1.807, 2.05) is 36.4 Å². The molecule has 108 valence electrons. The molecule has 1 atom stereocenters. The molecule has 0 amide bonds. The van der Waals surface area contributed by atoms with Gasteiger partial charge in [0.05, 0.1) is 17.9 Å². The Kier molecular flexibility index (Phi) is 2.65.